The quantitative estimate of drug-likeness (QED) is 0.763. The molecule has 2 aliphatic heterocycles. The third-order valence-electron chi connectivity index (χ3n) is 4.42. The number of nitrogens with one attached hydrogen (secondary N) is 2. The summed E-state index contributed by atoms with van der Waals surface area (Å²) in [6, 6.07) is 7.10. The number of aromatic amines is 1. The summed E-state index contributed by atoms with van der Waals surface area (Å²) in [6.45, 7) is 0.583. The Morgan fingerprint density at radius 2 is 2.13 bits per heavy atom. The summed E-state index contributed by atoms with van der Waals surface area (Å²) in [5.41, 5.74) is 1.33. The number of ether oxygens (including phenoxy) is 3. The van der Waals surface area contributed by atoms with Crippen LogP contribution >= 0.6 is 0 Å². The van der Waals surface area contributed by atoms with Gasteiger partial charge in [-0.25, -0.2) is 0 Å². The number of aromatic nitrogens is 1. The number of fused-ring (bicyclic) bond motifs is 2. The Morgan fingerprint density at radius 1 is 1.30 bits per heavy atom. The summed E-state index contributed by atoms with van der Waals surface area (Å²) < 4.78 is 16.2. The van der Waals surface area contributed by atoms with Crippen molar-refractivity contribution in [2.45, 2.75) is 24.4 Å². The number of hydrogen-bond donors (Lipinski definition) is 3. The lowest BCUT2D eigenvalue weighted by Crippen LogP contribution is -2.44. The number of amides is 1. The van der Waals surface area contributed by atoms with Gasteiger partial charge in [0, 0.05) is 10.9 Å². The van der Waals surface area contributed by atoms with Crippen molar-refractivity contribution in [2.24, 2.45) is 0 Å². The molecule has 7 nitrogen and oxygen atoms in total. The van der Waals surface area contributed by atoms with Crippen LogP contribution in [-0.2, 0) is 9.47 Å². The third kappa shape index (κ3) is 2.46. The number of methoxy groups -OCH3 is 1. The van der Waals surface area contributed by atoms with E-state index in [1.807, 2.05) is 18.2 Å². The molecule has 0 unspecified atom stereocenters. The van der Waals surface area contributed by atoms with Crippen LogP contribution in [0.3, 0.4) is 0 Å². The lowest BCUT2D eigenvalue weighted by atomic mass is 10.1. The minimum atomic E-state index is -0.623. The van der Waals surface area contributed by atoms with Crippen molar-refractivity contribution in [3.63, 3.8) is 0 Å². The van der Waals surface area contributed by atoms with Crippen LogP contribution < -0.4 is 10.1 Å². The molecule has 3 heterocycles. The molecule has 2 fully saturated rings. The van der Waals surface area contributed by atoms with Gasteiger partial charge in [0.25, 0.3) is 5.91 Å². The van der Waals surface area contributed by atoms with Gasteiger partial charge < -0.3 is 29.6 Å². The average molecular weight is 318 g/mol. The van der Waals surface area contributed by atoms with Crippen LogP contribution in [0.4, 0.5) is 0 Å². The maximum Gasteiger partial charge on any atom is 0.268 e. The Kier molecular flexibility index (Phi) is 3.48. The third-order valence-corrected chi connectivity index (χ3v) is 4.42. The minimum Gasteiger partial charge on any atom is -0.497 e. The summed E-state index contributed by atoms with van der Waals surface area (Å²) in [4.78, 5) is 15.5. The van der Waals surface area contributed by atoms with E-state index >= 15 is 0 Å². The highest BCUT2D eigenvalue weighted by atomic mass is 16.6. The predicted octanol–water partition coefficient (Wildman–Crippen LogP) is 0.433. The first-order valence-corrected chi connectivity index (χ1v) is 7.54. The van der Waals surface area contributed by atoms with E-state index in [2.05, 4.69) is 10.3 Å². The molecule has 122 valence electrons. The molecule has 4 rings (SSSR count). The number of carbonyl (C=O) groups is 1. The molecule has 4 atom stereocenters. The fourth-order valence-corrected chi connectivity index (χ4v) is 3.21. The molecule has 2 aromatic rings. The van der Waals surface area contributed by atoms with Crippen LogP contribution in [0.5, 0.6) is 5.75 Å². The van der Waals surface area contributed by atoms with E-state index in [1.165, 1.54) is 0 Å². The lowest BCUT2D eigenvalue weighted by Gasteiger charge is -2.16. The van der Waals surface area contributed by atoms with Crippen LogP contribution in [-0.4, -0.2) is 60.7 Å². The van der Waals surface area contributed by atoms with E-state index in [0.717, 1.165) is 16.7 Å². The highest BCUT2D eigenvalue weighted by Gasteiger charge is 2.47. The Hall–Kier alpha value is -2.09. The molecule has 23 heavy (non-hydrogen) atoms. The van der Waals surface area contributed by atoms with Crippen LogP contribution in [0.25, 0.3) is 10.9 Å². The molecule has 0 bridgehead atoms. The van der Waals surface area contributed by atoms with Crippen LogP contribution in [0.2, 0.25) is 0 Å². The van der Waals surface area contributed by atoms with Gasteiger partial charge >= 0.3 is 0 Å². The summed E-state index contributed by atoms with van der Waals surface area (Å²) >= 11 is 0. The number of aliphatic hydroxyl groups is 1. The Morgan fingerprint density at radius 3 is 2.96 bits per heavy atom. The SMILES string of the molecule is COc1ccc2[nH]c(C(=O)N[C@H]3CO[C@H]4[C@@H]3OC[C@@H]4O)cc2c1. The fourth-order valence-electron chi connectivity index (χ4n) is 3.21. The highest BCUT2D eigenvalue weighted by Crippen LogP contribution is 2.27. The van der Waals surface area contributed by atoms with Gasteiger partial charge in [0.2, 0.25) is 0 Å². The molecule has 0 saturated carbocycles. The van der Waals surface area contributed by atoms with E-state index in [1.54, 1.807) is 13.2 Å². The smallest absolute Gasteiger partial charge is 0.268 e. The molecular formula is C16H18N2O5. The molecule has 1 amide bonds. The van der Waals surface area contributed by atoms with Gasteiger partial charge in [0.1, 0.15) is 29.8 Å². The lowest BCUT2D eigenvalue weighted by molar-refractivity contribution is 0.0178. The average Bonchev–Trinajstić information content (AvgIpc) is 3.24. The second-order valence-corrected chi connectivity index (χ2v) is 5.88. The molecule has 1 aromatic heterocycles. The Balaban J connectivity index is 1.51. The van der Waals surface area contributed by atoms with Gasteiger partial charge in [-0.15, -0.1) is 0 Å². The van der Waals surface area contributed by atoms with Crippen molar-refractivity contribution in [3.05, 3.63) is 30.0 Å². The highest BCUT2D eigenvalue weighted by molar-refractivity contribution is 5.98. The van der Waals surface area contributed by atoms with E-state index < -0.39 is 6.10 Å². The zero-order chi connectivity index (χ0) is 16.0. The number of aliphatic hydroxyl groups excluding tert-OH is 1. The summed E-state index contributed by atoms with van der Waals surface area (Å²) in [7, 11) is 1.61. The maximum atomic E-state index is 12.4. The first-order chi connectivity index (χ1) is 11.2. The largest absolute Gasteiger partial charge is 0.497 e. The predicted molar refractivity (Wildman–Crippen MR) is 81.6 cm³/mol. The molecular weight excluding hydrogens is 300 g/mol. The van der Waals surface area contributed by atoms with Gasteiger partial charge in [-0.05, 0) is 24.3 Å². The van der Waals surface area contributed by atoms with Crippen molar-refractivity contribution < 1.29 is 24.1 Å². The van der Waals surface area contributed by atoms with Crippen molar-refractivity contribution in [1.29, 1.82) is 0 Å². The fraction of sp³-hybridized carbons (Fsp3) is 0.438. The second kappa shape index (κ2) is 5.52. The monoisotopic (exact) mass is 318 g/mol. The second-order valence-electron chi connectivity index (χ2n) is 5.88. The molecule has 3 N–H and O–H groups in total. The van der Waals surface area contributed by atoms with Crippen molar-refractivity contribution in [1.82, 2.24) is 10.3 Å². The molecule has 7 heteroatoms. The normalized spacial score (nSPS) is 29.7. The van der Waals surface area contributed by atoms with Crippen molar-refractivity contribution in [2.75, 3.05) is 20.3 Å². The molecule has 2 aliphatic rings. The van der Waals surface area contributed by atoms with Crippen molar-refractivity contribution >= 4 is 16.8 Å². The topological polar surface area (TPSA) is 92.8 Å². The summed E-state index contributed by atoms with van der Waals surface area (Å²) in [5, 5.41) is 13.6. The van der Waals surface area contributed by atoms with E-state index in [4.69, 9.17) is 14.2 Å². The number of carbonyl (C=O) groups excluding carboxylic acids is 1. The molecule has 1 aromatic carbocycles. The van der Waals surface area contributed by atoms with Gasteiger partial charge in [0.05, 0.1) is 26.4 Å². The van der Waals surface area contributed by atoms with Gasteiger partial charge in [-0.1, -0.05) is 0 Å². The molecule has 0 aliphatic carbocycles. The van der Waals surface area contributed by atoms with E-state index in [0.29, 0.717) is 12.3 Å². The minimum absolute atomic E-state index is 0.223. The number of hydrogen-bond acceptors (Lipinski definition) is 5. The van der Waals surface area contributed by atoms with E-state index in [9.17, 15) is 9.90 Å². The van der Waals surface area contributed by atoms with E-state index in [-0.39, 0.29) is 30.8 Å². The van der Waals surface area contributed by atoms with Gasteiger partial charge in [0.15, 0.2) is 0 Å². The number of benzene rings is 1. The number of H-pyrrole nitrogens is 1. The van der Waals surface area contributed by atoms with Crippen LogP contribution in [0, 0.1) is 0 Å². The van der Waals surface area contributed by atoms with Gasteiger partial charge in [-0.3, -0.25) is 4.79 Å². The molecule has 2 saturated heterocycles. The number of rotatable bonds is 3. The zero-order valence-corrected chi connectivity index (χ0v) is 12.6. The zero-order valence-electron chi connectivity index (χ0n) is 12.6. The van der Waals surface area contributed by atoms with Crippen LogP contribution in [0.15, 0.2) is 24.3 Å². The molecule has 0 radical (unpaired) electrons. The maximum absolute atomic E-state index is 12.4. The standard InChI is InChI=1S/C16H18N2O5/c1-21-9-2-3-10-8(4-9)5-11(17-10)16(20)18-12-6-22-15-13(19)7-23-14(12)15/h2-5,12-15,17,19H,6-7H2,1H3,(H,18,20)/t12-,13-,14+,15+/m0/s1. The molecule has 0 spiro atoms. The van der Waals surface area contributed by atoms with Crippen LogP contribution in [0.1, 0.15) is 10.5 Å². The van der Waals surface area contributed by atoms with Gasteiger partial charge in [-0.2, -0.15) is 0 Å². The first-order valence-electron chi connectivity index (χ1n) is 7.54. The Bertz CT molecular complexity index is 743. The summed E-state index contributed by atoms with van der Waals surface area (Å²) in [6.07, 6.45) is -1.27. The van der Waals surface area contributed by atoms with Crippen molar-refractivity contribution in [3.8, 4) is 5.75 Å². The Labute approximate surface area is 132 Å². The first kappa shape index (κ1) is 14.5. The summed E-state index contributed by atoms with van der Waals surface area (Å²) in [5.74, 6) is 0.517.